The minimum atomic E-state index is -0.823. The van der Waals surface area contributed by atoms with Crippen molar-refractivity contribution in [2.45, 2.75) is 44.2 Å². The molecule has 4 amide bonds. The summed E-state index contributed by atoms with van der Waals surface area (Å²) in [4.78, 5) is 40.8. The molecule has 29 heavy (non-hydrogen) atoms. The standard InChI is InChI=1S/C21H29ClN4O3/c1-14-7-9-21(10-8-14)19(28)26(20(29)24-21)13-18(27)23-12-17(25(2)3)15-5-4-6-16(22)11-15/h4-6,11,14,17H,7-10,12-13H2,1-3H3,(H,23,27)(H,24,29)/t14?,17-,21?/m0/s1. The first-order chi connectivity index (χ1) is 13.7. The van der Waals surface area contributed by atoms with Gasteiger partial charge in [-0.05, 0) is 63.4 Å². The van der Waals surface area contributed by atoms with E-state index in [1.807, 2.05) is 37.2 Å². The van der Waals surface area contributed by atoms with Crippen LogP contribution in [0.2, 0.25) is 5.02 Å². The molecule has 3 rings (SSSR count). The van der Waals surface area contributed by atoms with E-state index in [1.165, 1.54) is 0 Å². The van der Waals surface area contributed by atoms with Crippen LogP contribution in [0, 0.1) is 5.92 Å². The fourth-order valence-corrected chi connectivity index (χ4v) is 4.33. The molecular weight excluding hydrogens is 392 g/mol. The quantitative estimate of drug-likeness (QED) is 0.693. The van der Waals surface area contributed by atoms with Gasteiger partial charge in [0.15, 0.2) is 0 Å². The summed E-state index contributed by atoms with van der Waals surface area (Å²) in [5, 5.41) is 6.33. The summed E-state index contributed by atoms with van der Waals surface area (Å²) in [5.74, 6) is -0.0794. The number of rotatable bonds is 6. The first kappa shape index (κ1) is 21.6. The molecule has 8 heteroatoms. The highest BCUT2D eigenvalue weighted by molar-refractivity contribution is 6.30. The molecule has 1 atom stereocenters. The van der Waals surface area contributed by atoms with Crippen molar-refractivity contribution in [1.29, 1.82) is 0 Å². The highest BCUT2D eigenvalue weighted by Crippen LogP contribution is 2.36. The van der Waals surface area contributed by atoms with Crippen molar-refractivity contribution in [2.75, 3.05) is 27.2 Å². The molecule has 158 valence electrons. The van der Waals surface area contributed by atoms with Crippen LogP contribution in [0.4, 0.5) is 4.79 Å². The number of hydrogen-bond donors (Lipinski definition) is 2. The smallest absolute Gasteiger partial charge is 0.325 e. The van der Waals surface area contributed by atoms with Crippen LogP contribution in [0.3, 0.4) is 0 Å². The van der Waals surface area contributed by atoms with Crippen molar-refractivity contribution in [1.82, 2.24) is 20.4 Å². The van der Waals surface area contributed by atoms with E-state index >= 15 is 0 Å². The monoisotopic (exact) mass is 420 g/mol. The van der Waals surface area contributed by atoms with E-state index in [9.17, 15) is 14.4 Å². The van der Waals surface area contributed by atoms with Crippen LogP contribution in [-0.4, -0.2) is 60.4 Å². The Hall–Kier alpha value is -2.12. The third-order valence-electron chi connectivity index (χ3n) is 6.02. The van der Waals surface area contributed by atoms with Gasteiger partial charge >= 0.3 is 6.03 Å². The Morgan fingerprint density at radius 2 is 2.03 bits per heavy atom. The summed E-state index contributed by atoms with van der Waals surface area (Å²) < 4.78 is 0. The van der Waals surface area contributed by atoms with Gasteiger partial charge in [0.1, 0.15) is 12.1 Å². The summed E-state index contributed by atoms with van der Waals surface area (Å²) in [6.45, 7) is 2.23. The number of hydrogen-bond acceptors (Lipinski definition) is 4. The maximum atomic E-state index is 12.9. The van der Waals surface area contributed by atoms with Gasteiger partial charge in [-0.1, -0.05) is 30.7 Å². The van der Waals surface area contributed by atoms with Gasteiger partial charge in [-0.2, -0.15) is 0 Å². The van der Waals surface area contributed by atoms with Crippen LogP contribution in [-0.2, 0) is 9.59 Å². The van der Waals surface area contributed by atoms with Gasteiger partial charge in [-0.25, -0.2) is 4.79 Å². The third kappa shape index (κ3) is 4.73. The number of nitrogens with zero attached hydrogens (tertiary/aromatic N) is 2. The Kier molecular flexibility index (Phi) is 6.49. The van der Waals surface area contributed by atoms with E-state index in [4.69, 9.17) is 11.6 Å². The van der Waals surface area contributed by atoms with E-state index in [1.54, 1.807) is 6.07 Å². The van der Waals surface area contributed by atoms with Crippen molar-refractivity contribution < 1.29 is 14.4 Å². The summed E-state index contributed by atoms with van der Waals surface area (Å²) in [5.41, 5.74) is 0.157. The molecule has 0 unspecified atom stereocenters. The van der Waals surface area contributed by atoms with Crippen molar-refractivity contribution in [3.63, 3.8) is 0 Å². The molecule has 1 aromatic carbocycles. The molecule has 1 heterocycles. The second kappa shape index (κ2) is 8.71. The van der Waals surface area contributed by atoms with Crippen molar-refractivity contribution in [3.05, 3.63) is 34.9 Å². The molecule has 7 nitrogen and oxygen atoms in total. The van der Waals surface area contributed by atoms with Crippen molar-refractivity contribution in [3.8, 4) is 0 Å². The maximum absolute atomic E-state index is 12.9. The van der Waals surface area contributed by atoms with E-state index in [0.29, 0.717) is 30.3 Å². The molecule has 0 radical (unpaired) electrons. The van der Waals surface area contributed by atoms with E-state index < -0.39 is 11.6 Å². The predicted octanol–water partition coefficient (Wildman–Crippen LogP) is 2.56. The van der Waals surface area contributed by atoms with Gasteiger partial charge in [0.05, 0.1) is 6.04 Å². The van der Waals surface area contributed by atoms with Gasteiger partial charge in [0.2, 0.25) is 5.91 Å². The number of carbonyl (C=O) groups is 3. The Labute approximate surface area is 176 Å². The van der Waals surface area contributed by atoms with Crippen LogP contribution in [0.1, 0.15) is 44.2 Å². The molecule has 0 bridgehead atoms. The Balaban J connectivity index is 1.60. The molecular formula is C21H29ClN4O3. The summed E-state index contributed by atoms with van der Waals surface area (Å²) in [6.07, 6.45) is 3.06. The Morgan fingerprint density at radius 1 is 1.34 bits per heavy atom. The number of imide groups is 1. The van der Waals surface area contributed by atoms with Crippen LogP contribution in [0.25, 0.3) is 0 Å². The summed E-state index contributed by atoms with van der Waals surface area (Å²) in [7, 11) is 3.84. The number of nitrogens with one attached hydrogen (secondary N) is 2. The molecule has 2 aliphatic rings. The number of halogens is 1. The lowest BCUT2D eigenvalue weighted by Crippen LogP contribution is -2.50. The van der Waals surface area contributed by atoms with Crippen LogP contribution < -0.4 is 10.6 Å². The topological polar surface area (TPSA) is 81.8 Å². The largest absolute Gasteiger partial charge is 0.353 e. The highest BCUT2D eigenvalue weighted by atomic mass is 35.5. The van der Waals surface area contributed by atoms with Crippen LogP contribution in [0.5, 0.6) is 0 Å². The normalized spacial score (nSPS) is 25.4. The zero-order chi connectivity index (χ0) is 21.2. The number of carbonyl (C=O) groups excluding carboxylic acids is 3. The SMILES string of the molecule is CC1CCC2(CC1)NC(=O)N(CC(=O)NC[C@@H](c1cccc(Cl)c1)N(C)C)C2=O. The minimum Gasteiger partial charge on any atom is -0.353 e. The summed E-state index contributed by atoms with van der Waals surface area (Å²) in [6, 6.07) is 6.94. The Morgan fingerprint density at radius 3 is 2.66 bits per heavy atom. The number of urea groups is 1. The van der Waals surface area contributed by atoms with Gasteiger partial charge < -0.3 is 15.5 Å². The second-order valence-corrected chi connectivity index (χ2v) is 8.86. The Bertz CT molecular complexity index is 790. The lowest BCUT2D eigenvalue weighted by Gasteiger charge is -2.33. The lowest BCUT2D eigenvalue weighted by molar-refractivity contribution is -0.136. The first-order valence-corrected chi connectivity index (χ1v) is 10.4. The van der Waals surface area contributed by atoms with Crippen LogP contribution >= 0.6 is 11.6 Å². The fraction of sp³-hybridized carbons (Fsp3) is 0.571. The van der Waals surface area contributed by atoms with E-state index in [0.717, 1.165) is 23.3 Å². The predicted molar refractivity (Wildman–Crippen MR) is 111 cm³/mol. The minimum absolute atomic E-state index is 0.0769. The molecule has 1 aliphatic carbocycles. The molecule has 1 aliphatic heterocycles. The first-order valence-electron chi connectivity index (χ1n) is 10.0. The van der Waals surface area contributed by atoms with Gasteiger partial charge in [-0.3, -0.25) is 14.5 Å². The van der Waals surface area contributed by atoms with E-state index in [-0.39, 0.29) is 24.4 Å². The molecule has 2 fully saturated rings. The van der Waals surface area contributed by atoms with Crippen molar-refractivity contribution in [2.24, 2.45) is 5.92 Å². The highest BCUT2D eigenvalue weighted by Gasteiger charge is 2.52. The molecule has 0 aromatic heterocycles. The lowest BCUT2D eigenvalue weighted by atomic mass is 9.77. The zero-order valence-corrected chi connectivity index (χ0v) is 18.0. The molecule has 1 spiro atoms. The molecule has 1 saturated heterocycles. The average Bonchev–Trinajstić information content (AvgIpc) is 2.88. The number of amides is 4. The fourth-order valence-electron chi connectivity index (χ4n) is 4.14. The third-order valence-corrected chi connectivity index (χ3v) is 6.26. The average molecular weight is 421 g/mol. The second-order valence-electron chi connectivity index (χ2n) is 8.42. The van der Waals surface area contributed by atoms with Crippen molar-refractivity contribution >= 4 is 29.4 Å². The number of benzene rings is 1. The molecule has 1 aromatic rings. The zero-order valence-electron chi connectivity index (χ0n) is 17.2. The van der Waals surface area contributed by atoms with E-state index in [2.05, 4.69) is 17.6 Å². The van der Waals surface area contributed by atoms with Gasteiger partial charge in [-0.15, -0.1) is 0 Å². The summed E-state index contributed by atoms with van der Waals surface area (Å²) >= 11 is 6.09. The van der Waals surface area contributed by atoms with Gasteiger partial charge in [0.25, 0.3) is 5.91 Å². The number of likely N-dealkylation sites (N-methyl/N-ethyl adjacent to an activating group) is 1. The van der Waals surface area contributed by atoms with Gasteiger partial charge in [0, 0.05) is 11.6 Å². The molecule has 2 N–H and O–H groups in total. The molecule has 1 saturated carbocycles. The van der Waals surface area contributed by atoms with Crippen LogP contribution in [0.15, 0.2) is 24.3 Å². The maximum Gasteiger partial charge on any atom is 0.325 e.